The second-order valence-electron chi connectivity index (χ2n) is 3.77. The van der Waals surface area contributed by atoms with Crippen molar-refractivity contribution < 1.29 is 0 Å². The molecule has 14 heavy (non-hydrogen) atoms. The van der Waals surface area contributed by atoms with E-state index in [1.807, 2.05) is 6.08 Å². The van der Waals surface area contributed by atoms with Crippen LogP contribution in [-0.4, -0.2) is 14.8 Å². The van der Waals surface area contributed by atoms with E-state index in [4.69, 9.17) is 12.2 Å². The number of aromatic amines is 1. The molecule has 0 aromatic carbocycles. The molecule has 4 heteroatoms. The van der Waals surface area contributed by atoms with Gasteiger partial charge in [-0.25, -0.2) is 0 Å². The lowest BCUT2D eigenvalue weighted by molar-refractivity contribution is 0.611. The Labute approximate surface area is 88.8 Å². The molecular weight excluding hydrogens is 194 g/mol. The maximum absolute atomic E-state index is 5.17. The molecule has 0 aliphatic heterocycles. The van der Waals surface area contributed by atoms with Gasteiger partial charge in [0, 0.05) is 12.5 Å². The average molecular weight is 209 g/mol. The van der Waals surface area contributed by atoms with Gasteiger partial charge in [-0.1, -0.05) is 18.9 Å². The third kappa shape index (κ3) is 1.66. The van der Waals surface area contributed by atoms with Crippen molar-refractivity contribution in [2.24, 2.45) is 0 Å². The highest BCUT2D eigenvalue weighted by atomic mass is 32.1. The molecule has 1 aromatic heterocycles. The van der Waals surface area contributed by atoms with Gasteiger partial charge in [-0.2, -0.15) is 5.10 Å². The minimum atomic E-state index is 0.600. The standard InChI is InChI=1S/C10H15N3S/c1-2-7-13-9(11-12-10(13)14)8-5-3-4-6-8/h2,8H,1,3-7H2,(H,12,14). The number of H-pyrrole nitrogens is 1. The minimum Gasteiger partial charge on any atom is -0.300 e. The molecular formula is C10H15N3S. The molecule has 0 spiro atoms. The number of allylic oxidation sites excluding steroid dienone is 1. The Morgan fingerprint density at radius 3 is 2.93 bits per heavy atom. The molecule has 1 heterocycles. The summed E-state index contributed by atoms with van der Waals surface area (Å²) in [5.41, 5.74) is 0. The van der Waals surface area contributed by atoms with E-state index in [0.29, 0.717) is 10.7 Å². The first kappa shape index (κ1) is 9.65. The van der Waals surface area contributed by atoms with Gasteiger partial charge in [-0.3, -0.25) is 5.10 Å². The normalized spacial score (nSPS) is 17.4. The Bertz CT molecular complexity index is 371. The first-order valence-corrected chi connectivity index (χ1v) is 5.49. The molecule has 0 amide bonds. The van der Waals surface area contributed by atoms with Crippen LogP contribution in [0.25, 0.3) is 0 Å². The maximum Gasteiger partial charge on any atom is 0.195 e. The second kappa shape index (κ2) is 4.09. The molecule has 1 aromatic rings. The largest absolute Gasteiger partial charge is 0.300 e. The molecule has 1 aliphatic rings. The molecule has 76 valence electrons. The van der Waals surface area contributed by atoms with Crippen molar-refractivity contribution >= 4 is 12.2 Å². The van der Waals surface area contributed by atoms with Crippen molar-refractivity contribution in [2.75, 3.05) is 0 Å². The van der Waals surface area contributed by atoms with Gasteiger partial charge >= 0.3 is 0 Å². The Morgan fingerprint density at radius 2 is 2.29 bits per heavy atom. The highest BCUT2D eigenvalue weighted by molar-refractivity contribution is 7.71. The van der Waals surface area contributed by atoms with E-state index in [9.17, 15) is 0 Å². The van der Waals surface area contributed by atoms with Gasteiger partial charge in [0.25, 0.3) is 0 Å². The number of nitrogens with zero attached hydrogens (tertiary/aromatic N) is 2. The van der Waals surface area contributed by atoms with Crippen LogP contribution in [0, 0.1) is 4.77 Å². The third-order valence-electron chi connectivity index (χ3n) is 2.82. The van der Waals surface area contributed by atoms with Gasteiger partial charge in [0.2, 0.25) is 0 Å². The Kier molecular flexibility index (Phi) is 2.82. The molecule has 0 bridgehead atoms. The summed E-state index contributed by atoms with van der Waals surface area (Å²) in [6.45, 7) is 4.50. The summed E-state index contributed by atoms with van der Waals surface area (Å²) < 4.78 is 2.77. The van der Waals surface area contributed by atoms with Gasteiger partial charge in [-0.05, 0) is 25.1 Å². The third-order valence-corrected chi connectivity index (χ3v) is 3.13. The monoisotopic (exact) mass is 209 g/mol. The molecule has 0 radical (unpaired) electrons. The topological polar surface area (TPSA) is 33.6 Å². The highest BCUT2D eigenvalue weighted by Gasteiger charge is 2.21. The van der Waals surface area contributed by atoms with Gasteiger partial charge in [0.05, 0.1) is 0 Å². The van der Waals surface area contributed by atoms with Crippen LogP contribution in [0.2, 0.25) is 0 Å². The van der Waals surface area contributed by atoms with Crippen molar-refractivity contribution in [3.8, 4) is 0 Å². The number of hydrogen-bond donors (Lipinski definition) is 1. The first-order chi connectivity index (χ1) is 6.83. The van der Waals surface area contributed by atoms with E-state index in [0.717, 1.165) is 12.4 Å². The average Bonchev–Trinajstić information content (AvgIpc) is 2.77. The highest BCUT2D eigenvalue weighted by Crippen LogP contribution is 2.32. The molecule has 1 fully saturated rings. The molecule has 3 nitrogen and oxygen atoms in total. The van der Waals surface area contributed by atoms with Crippen molar-refractivity contribution in [3.63, 3.8) is 0 Å². The zero-order valence-electron chi connectivity index (χ0n) is 8.20. The Hall–Kier alpha value is -0.900. The lowest BCUT2D eigenvalue weighted by Gasteiger charge is -2.09. The van der Waals surface area contributed by atoms with Crippen molar-refractivity contribution in [3.05, 3.63) is 23.3 Å². The molecule has 0 atom stereocenters. The summed E-state index contributed by atoms with van der Waals surface area (Å²) in [6.07, 6.45) is 6.99. The van der Waals surface area contributed by atoms with Gasteiger partial charge in [0.15, 0.2) is 4.77 Å². The van der Waals surface area contributed by atoms with Crippen molar-refractivity contribution in [1.82, 2.24) is 14.8 Å². The maximum atomic E-state index is 5.17. The fraction of sp³-hybridized carbons (Fsp3) is 0.600. The zero-order valence-corrected chi connectivity index (χ0v) is 9.02. The van der Waals surface area contributed by atoms with Gasteiger partial charge in [0.1, 0.15) is 5.82 Å². The number of nitrogens with one attached hydrogen (secondary N) is 1. The summed E-state index contributed by atoms with van der Waals surface area (Å²) in [7, 11) is 0. The quantitative estimate of drug-likeness (QED) is 0.613. The summed E-state index contributed by atoms with van der Waals surface area (Å²) in [5.74, 6) is 1.72. The molecule has 1 N–H and O–H groups in total. The minimum absolute atomic E-state index is 0.600. The predicted octanol–water partition coefficient (Wildman–Crippen LogP) is 2.78. The lowest BCUT2D eigenvalue weighted by Crippen LogP contribution is -2.06. The predicted molar refractivity (Wildman–Crippen MR) is 58.8 cm³/mol. The van der Waals surface area contributed by atoms with E-state index in [2.05, 4.69) is 21.3 Å². The fourth-order valence-corrected chi connectivity index (χ4v) is 2.34. The van der Waals surface area contributed by atoms with Crippen LogP contribution in [0.5, 0.6) is 0 Å². The first-order valence-electron chi connectivity index (χ1n) is 5.09. The summed E-state index contributed by atoms with van der Waals surface area (Å²) in [4.78, 5) is 0. The SMILES string of the molecule is C=CCn1c(C2CCCC2)n[nH]c1=S. The molecule has 0 saturated heterocycles. The summed E-state index contributed by atoms with van der Waals surface area (Å²) in [6, 6.07) is 0. The second-order valence-corrected chi connectivity index (χ2v) is 4.15. The van der Waals surface area contributed by atoms with Crippen LogP contribution in [-0.2, 0) is 6.54 Å². The summed E-state index contributed by atoms with van der Waals surface area (Å²) in [5, 5.41) is 7.18. The van der Waals surface area contributed by atoms with Crippen LogP contribution < -0.4 is 0 Å². The van der Waals surface area contributed by atoms with Crippen LogP contribution in [0.15, 0.2) is 12.7 Å². The van der Waals surface area contributed by atoms with E-state index < -0.39 is 0 Å². The molecule has 0 unspecified atom stereocenters. The van der Waals surface area contributed by atoms with E-state index in [1.54, 1.807) is 0 Å². The fourth-order valence-electron chi connectivity index (χ4n) is 2.13. The van der Waals surface area contributed by atoms with Crippen LogP contribution in [0.1, 0.15) is 37.4 Å². The van der Waals surface area contributed by atoms with E-state index in [1.165, 1.54) is 25.7 Å². The lowest BCUT2D eigenvalue weighted by atomic mass is 10.1. The number of rotatable bonds is 3. The molecule has 1 aliphatic carbocycles. The van der Waals surface area contributed by atoms with Crippen molar-refractivity contribution in [2.45, 2.75) is 38.1 Å². The molecule has 2 rings (SSSR count). The van der Waals surface area contributed by atoms with E-state index >= 15 is 0 Å². The zero-order chi connectivity index (χ0) is 9.97. The Balaban J connectivity index is 2.31. The Morgan fingerprint density at radius 1 is 1.57 bits per heavy atom. The molecule has 1 saturated carbocycles. The van der Waals surface area contributed by atoms with E-state index in [-0.39, 0.29) is 0 Å². The van der Waals surface area contributed by atoms with Gasteiger partial charge in [-0.15, -0.1) is 6.58 Å². The van der Waals surface area contributed by atoms with Crippen LogP contribution in [0.3, 0.4) is 0 Å². The summed E-state index contributed by atoms with van der Waals surface area (Å²) >= 11 is 5.17. The number of aromatic nitrogens is 3. The van der Waals surface area contributed by atoms with Crippen LogP contribution in [0.4, 0.5) is 0 Å². The smallest absolute Gasteiger partial charge is 0.195 e. The number of hydrogen-bond acceptors (Lipinski definition) is 2. The van der Waals surface area contributed by atoms with Crippen molar-refractivity contribution in [1.29, 1.82) is 0 Å². The van der Waals surface area contributed by atoms with Crippen LogP contribution >= 0.6 is 12.2 Å². The van der Waals surface area contributed by atoms with Gasteiger partial charge < -0.3 is 4.57 Å².